The molecule has 4 heteroatoms. The lowest BCUT2D eigenvalue weighted by atomic mass is 9.92. The van der Waals surface area contributed by atoms with Crippen LogP contribution < -0.4 is 15.6 Å². The predicted molar refractivity (Wildman–Crippen MR) is 138 cm³/mol. The van der Waals surface area contributed by atoms with Gasteiger partial charge in [0.25, 0.3) is 0 Å². The lowest BCUT2D eigenvalue weighted by molar-refractivity contribution is 0.0772. The molecule has 1 fully saturated rings. The van der Waals surface area contributed by atoms with E-state index in [0.29, 0.717) is 30.3 Å². The molecule has 0 aliphatic carbocycles. The van der Waals surface area contributed by atoms with Crippen molar-refractivity contribution in [3.63, 3.8) is 0 Å². The summed E-state index contributed by atoms with van der Waals surface area (Å²) in [7, 11) is 0. The first kappa shape index (κ1) is 24.6. The normalized spacial score (nSPS) is 17.0. The van der Waals surface area contributed by atoms with Crippen LogP contribution in [0.4, 0.5) is 11.4 Å². The molecule has 1 atom stereocenters. The van der Waals surface area contributed by atoms with Crippen molar-refractivity contribution in [3.8, 4) is 0 Å². The lowest BCUT2D eigenvalue weighted by Gasteiger charge is -2.32. The molecule has 1 heterocycles. The Morgan fingerprint density at radius 1 is 0.750 bits per heavy atom. The Balaban J connectivity index is 2.14. The van der Waals surface area contributed by atoms with Gasteiger partial charge in [-0.25, -0.2) is 0 Å². The highest BCUT2D eigenvalue weighted by Gasteiger charge is 2.36. The first-order valence-electron chi connectivity index (χ1n) is 12.4. The minimum atomic E-state index is -0.0577. The van der Waals surface area contributed by atoms with Crippen molar-refractivity contribution in [2.45, 2.75) is 92.2 Å². The molecule has 0 spiro atoms. The van der Waals surface area contributed by atoms with E-state index in [1.54, 1.807) is 0 Å². The number of nitrogens with zero attached hydrogens (tertiary/aromatic N) is 2. The monoisotopic (exact) mass is 437 g/mol. The number of hydrogen-bond acceptors (Lipinski definition) is 4. The van der Waals surface area contributed by atoms with E-state index in [1.165, 1.54) is 33.6 Å². The fourth-order valence-corrected chi connectivity index (χ4v) is 4.74. The minimum absolute atomic E-state index is 0.0577. The predicted octanol–water partition coefficient (Wildman–Crippen LogP) is 7.29. The lowest BCUT2D eigenvalue weighted by Crippen LogP contribution is -2.44. The summed E-state index contributed by atoms with van der Waals surface area (Å²) in [4.78, 5) is 0. The average Bonchev–Trinajstić information content (AvgIpc) is 3.15. The van der Waals surface area contributed by atoms with Crippen molar-refractivity contribution >= 4 is 11.4 Å². The van der Waals surface area contributed by atoms with Crippen molar-refractivity contribution in [2.24, 2.45) is 0 Å². The van der Waals surface area contributed by atoms with E-state index in [1.807, 2.05) is 0 Å². The Morgan fingerprint density at radius 2 is 1.16 bits per heavy atom. The van der Waals surface area contributed by atoms with Gasteiger partial charge in [-0.1, -0.05) is 91.8 Å². The molecular weight excluding hydrogens is 394 g/mol. The molecular formula is C28H43N3O. The molecule has 0 bridgehead atoms. The molecule has 0 amide bonds. The Morgan fingerprint density at radius 3 is 1.53 bits per heavy atom. The van der Waals surface area contributed by atoms with Gasteiger partial charge in [0, 0.05) is 6.61 Å². The molecule has 176 valence electrons. The summed E-state index contributed by atoms with van der Waals surface area (Å²) in [5.41, 5.74) is 11.8. The third-order valence-corrected chi connectivity index (χ3v) is 6.41. The molecule has 32 heavy (non-hydrogen) atoms. The van der Waals surface area contributed by atoms with E-state index >= 15 is 0 Å². The summed E-state index contributed by atoms with van der Waals surface area (Å²) in [5, 5.41) is 4.61. The molecule has 2 aromatic carbocycles. The second kappa shape index (κ2) is 10.3. The Hall–Kier alpha value is -2.04. The van der Waals surface area contributed by atoms with Gasteiger partial charge in [0.1, 0.15) is 0 Å². The van der Waals surface area contributed by atoms with Crippen LogP contribution in [0.3, 0.4) is 0 Å². The van der Waals surface area contributed by atoms with Crippen LogP contribution >= 0.6 is 0 Å². The third-order valence-electron chi connectivity index (χ3n) is 6.41. The molecule has 4 nitrogen and oxygen atoms in total. The minimum Gasteiger partial charge on any atom is -0.355 e. The van der Waals surface area contributed by atoms with Crippen molar-refractivity contribution in [1.29, 1.82) is 0 Å². The van der Waals surface area contributed by atoms with Gasteiger partial charge in [0.15, 0.2) is 6.23 Å². The first-order valence-corrected chi connectivity index (χ1v) is 12.4. The summed E-state index contributed by atoms with van der Waals surface area (Å²) < 4.78 is 6.31. The standard InChI is InChI=1S/C28H43N3O/c1-10-32-26-17-30(27-22(18(2)3)13-11-14-23(27)19(4)5)29-31(26)28-24(20(6)7)15-12-16-25(28)21(8)9/h11-16,18-21,26,29H,10,17H2,1-9H3. The van der Waals surface area contributed by atoms with Crippen LogP contribution in [0.25, 0.3) is 0 Å². The second-order valence-corrected chi connectivity index (χ2v) is 10.2. The number of nitrogens with one attached hydrogen (secondary N) is 1. The highest BCUT2D eigenvalue weighted by atomic mass is 16.5. The Kier molecular flexibility index (Phi) is 7.89. The molecule has 0 aromatic heterocycles. The molecule has 1 N–H and O–H groups in total. The van der Waals surface area contributed by atoms with Gasteiger partial charge >= 0.3 is 0 Å². The smallest absolute Gasteiger partial charge is 0.164 e. The maximum absolute atomic E-state index is 6.31. The molecule has 1 saturated heterocycles. The molecule has 3 rings (SSSR count). The largest absolute Gasteiger partial charge is 0.355 e. The summed E-state index contributed by atoms with van der Waals surface area (Å²) in [6.07, 6.45) is -0.0577. The SMILES string of the molecule is CCOC1CN(c2c(C(C)C)cccc2C(C)C)NN1c1c(C(C)C)cccc1C(C)C. The van der Waals surface area contributed by atoms with Gasteiger partial charge in [-0.15, -0.1) is 5.53 Å². The summed E-state index contributed by atoms with van der Waals surface area (Å²) in [5.74, 6) is 1.74. The fourth-order valence-electron chi connectivity index (χ4n) is 4.74. The van der Waals surface area contributed by atoms with E-state index < -0.39 is 0 Å². The van der Waals surface area contributed by atoms with Gasteiger partial charge in [-0.05, 0) is 52.8 Å². The van der Waals surface area contributed by atoms with E-state index in [2.05, 4.69) is 114 Å². The molecule has 1 aliphatic rings. The molecule has 0 radical (unpaired) electrons. The average molecular weight is 438 g/mol. The fraction of sp³-hybridized carbons (Fsp3) is 0.571. The molecule has 1 unspecified atom stereocenters. The van der Waals surface area contributed by atoms with Crippen LogP contribution in [0.1, 0.15) is 108 Å². The van der Waals surface area contributed by atoms with E-state index in [0.717, 1.165) is 6.54 Å². The van der Waals surface area contributed by atoms with Crippen LogP contribution in [-0.2, 0) is 4.74 Å². The van der Waals surface area contributed by atoms with E-state index in [4.69, 9.17) is 4.74 Å². The summed E-state index contributed by atoms with van der Waals surface area (Å²) in [6, 6.07) is 13.5. The van der Waals surface area contributed by atoms with Gasteiger partial charge in [0.2, 0.25) is 0 Å². The molecule has 0 saturated carbocycles. The summed E-state index contributed by atoms with van der Waals surface area (Å²) >= 11 is 0. The highest BCUT2D eigenvalue weighted by molar-refractivity contribution is 5.67. The van der Waals surface area contributed by atoms with Crippen molar-refractivity contribution in [1.82, 2.24) is 5.53 Å². The summed E-state index contributed by atoms with van der Waals surface area (Å²) in [6.45, 7) is 21.8. The van der Waals surface area contributed by atoms with Gasteiger partial charge in [-0.2, -0.15) is 0 Å². The van der Waals surface area contributed by atoms with Crippen LogP contribution in [0.2, 0.25) is 0 Å². The number of para-hydroxylation sites is 2. The maximum atomic E-state index is 6.31. The van der Waals surface area contributed by atoms with Crippen molar-refractivity contribution < 1.29 is 4.74 Å². The maximum Gasteiger partial charge on any atom is 0.164 e. The number of benzene rings is 2. The van der Waals surface area contributed by atoms with Gasteiger partial charge in [0.05, 0.1) is 17.9 Å². The number of hydrazine groups is 2. The zero-order valence-electron chi connectivity index (χ0n) is 21.6. The van der Waals surface area contributed by atoms with E-state index in [-0.39, 0.29) is 6.23 Å². The van der Waals surface area contributed by atoms with Crippen LogP contribution in [0.15, 0.2) is 36.4 Å². The van der Waals surface area contributed by atoms with Crippen LogP contribution in [-0.4, -0.2) is 19.4 Å². The second-order valence-electron chi connectivity index (χ2n) is 10.2. The molecule has 2 aromatic rings. The number of ether oxygens (including phenoxy) is 1. The van der Waals surface area contributed by atoms with Gasteiger partial charge in [-0.3, -0.25) is 10.0 Å². The van der Waals surface area contributed by atoms with Crippen molar-refractivity contribution in [2.75, 3.05) is 23.2 Å². The van der Waals surface area contributed by atoms with Crippen molar-refractivity contribution in [3.05, 3.63) is 58.7 Å². The first-order chi connectivity index (χ1) is 15.2. The third kappa shape index (κ3) is 4.82. The number of rotatable bonds is 8. The highest BCUT2D eigenvalue weighted by Crippen LogP contribution is 2.40. The Labute approximate surface area is 195 Å². The van der Waals surface area contributed by atoms with E-state index in [9.17, 15) is 0 Å². The van der Waals surface area contributed by atoms with Crippen LogP contribution in [0.5, 0.6) is 0 Å². The number of hydrogen-bond donors (Lipinski definition) is 1. The topological polar surface area (TPSA) is 27.7 Å². The zero-order chi connectivity index (χ0) is 23.6. The quantitative estimate of drug-likeness (QED) is 0.469. The van der Waals surface area contributed by atoms with Crippen LogP contribution in [0, 0.1) is 0 Å². The van der Waals surface area contributed by atoms with Gasteiger partial charge < -0.3 is 4.74 Å². The molecule has 1 aliphatic heterocycles. The zero-order valence-corrected chi connectivity index (χ0v) is 21.6. The number of anilines is 2. The Bertz CT molecular complexity index is 851.